The molecule has 3 rings (SSSR count). The van der Waals surface area contributed by atoms with E-state index in [9.17, 15) is 4.79 Å². The SMILES string of the molecule is CCc1ccc(Nc2nc(C)cc(C(=O)N3CCC(C)CC3)n2)cc1. The highest BCUT2D eigenvalue weighted by Gasteiger charge is 2.23. The Balaban J connectivity index is 1.76. The highest BCUT2D eigenvalue weighted by atomic mass is 16.2. The Bertz CT molecular complexity index is 734. The topological polar surface area (TPSA) is 58.1 Å². The molecule has 2 aromatic rings. The second kappa shape index (κ2) is 7.64. The second-order valence-electron chi connectivity index (χ2n) is 6.87. The number of carbonyl (C=O) groups is 1. The van der Waals surface area contributed by atoms with Crippen molar-refractivity contribution in [3.05, 3.63) is 47.3 Å². The minimum absolute atomic E-state index is 0.00165. The Kier molecular flexibility index (Phi) is 5.31. The van der Waals surface area contributed by atoms with Crippen LogP contribution in [0.25, 0.3) is 0 Å². The first-order chi connectivity index (χ1) is 12.0. The minimum atomic E-state index is 0.00165. The smallest absolute Gasteiger partial charge is 0.272 e. The summed E-state index contributed by atoms with van der Waals surface area (Å²) in [5.41, 5.74) is 3.46. The van der Waals surface area contributed by atoms with Crippen LogP contribution in [-0.2, 0) is 6.42 Å². The lowest BCUT2D eigenvalue weighted by atomic mass is 9.99. The monoisotopic (exact) mass is 338 g/mol. The van der Waals surface area contributed by atoms with Crippen molar-refractivity contribution >= 4 is 17.5 Å². The molecule has 1 N–H and O–H groups in total. The van der Waals surface area contributed by atoms with Crippen LogP contribution >= 0.6 is 0 Å². The number of nitrogens with one attached hydrogen (secondary N) is 1. The Morgan fingerprint density at radius 3 is 2.52 bits per heavy atom. The van der Waals surface area contributed by atoms with E-state index in [0.29, 0.717) is 17.6 Å². The van der Waals surface area contributed by atoms with Crippen LogP contribution < -0.4 is 5.32 Å². The molecule has 1 aromatic heterocycles. The van der Waals surface area contributed by atoms with Gasteiger partial charge in [-0.15, -0.1) is 0 Å². The molecule has 1 amide bonds. The zero-order chi connectivity index (χ0) is 17.8. The van der Waals surface area contributed by atoms with Gasteiger partial charge in [0.1, 0.15) is 5.69 Å². The standard InChI is InChI=1S/C20H26N4O/c1-4-16-5-7-17(8-6-16)22-20-21-15(3)13-18(23-20)19(25)24-11-9-14(2)10-12-24/h5-8,13-14H,4,9-12H2,1-3H3,(H,21,22,23). The average molecular weight is 338 g/mol. The van der Waals surface area contributed by atoms with Gasteiger partial charge in [-0.25, -0.2) is 9.97 Å². The molecule has 1 fully saturated rings. The number of hydrogen-bond donors (Lipinski definition) is 1. The summed E-state index contributed by atoms with van der Waals surface area (Å²) in [4.78, 5) is 23.5. The van der Waals surface area contributed by atoms with E-state index in [4.69, 9.17) is 0 Å². The normalized spacial score (nSPS) is 15.2. The molecule has 0 radical (unpaired) electrons. The van der Waals surface area contributed by atoms with Crippen molar-refractivity contribution in [2.45, 2.75) is 40.0 Å². The average Bonchev–Trinajstić information content (AvgIpc) is 2.62. The van der Waals surface area contributed by atoms with Crippen LogP contribution in [0.5, 0.6) is 0 Å². The Morgan fingerprint density at radius 1 is 1.20 bits per heavy atom. The molecular weight excluding hydrogens is 312 g/mol. The van der Waals surface area contributed by atoms with Crippen LogP contribution in [0.15, 0.2) is 30.3 Å². The zero-order valence-corrected chi connectivity index (χ0v) is 15.2. The number of benzene rings is 1. The van der Waals surface area contributed by atoms with Gasteiger partial charge >= 0.3 is 0 Å². The molecule has 0 bridgehead atoms. The van der Waals surface area contributed by atoms with E-state index in [1.807, 2.05) is 24.0 Å². The molecule has 132 valence electrons. The highest BCUT2D eigenvalue weighted by Crippen LogP contribution is 2.19. The molecule has 25 heavy (non-hydrogen) atoms. The summed E-state index contributed by atoms with van der Waals surface area (Å²) in [6.45, 7) is 7.88. The number of amides is 1. The molecule has 1 aromatic carbocycles. The first kappa shape index (κ1) is 17.4. The molecule has 0 unspecified atom stereocenters. The van der Waals surface area contributed by atoms with Crippen LogP contribution in [-0.4, -0.2) is 33.9 Å². The molecule has 5 heteroatoms. The number of carbonyl (C=O) groups excluding carboxylic acids is 1. The zero-order valence-electron chi connectivity index (χ0n) is 15.2. The summed E-state index contributed by atoms with van der Waals surface area (Å²) in [5.74, 6) is 1.17. The van der Waals surface area contributed by atoms with E-state index in [1.54, 1.807) is 6.07 Å². The lowest BCUT2D eigenvalue weighted by molar-refractivity contribution is 0.0691. The van der Waals surface area contributed by atoms with Gasteiger partial charge in [0.25, 0.3) is 5.91 Å². The summed E-state index contributed by atoms with van der Waals surface area (Å²) in [5, 5.41) is 3.21. The molecule has 0 saturated carbocycles. The minimum Gasteiger partial charge on any atom is -0.337 e. The van der Waals surface area contributed by atoms with Crippen molar-refractivity contribution in [2.24, 2.45) is 5.92 Å². The van der Waals surface area contributed by atoms with E-state index in [1.165, 1.54) is 5.56 Å². The molecule has 2 heterocycles. The van der Waals surface area contributed by atoms with Gasteiger partial charge in [0.15, 0.2) is 0 Å². The van der Waals surface area contributed by atoms with E-state index >= 15 is 0 Å². The number of rotatable bonds is 4. The number of hydrogen-bond acceptors (Lipinski definition) is 4. The van der Waals surface area contributed by atoms with Crippen molar-refractivity contribution in [3.63, 3.8) is 0 Å². The van der Waals surface area contributed by atoms with Gasteiger partial charge in [0.2, 0.25) is 5.95 Å². The second-order valence-corrected chi connectivity index (χ2v) is 6.87. The van der Waals surface area contributed by atoms with Gasteiger partial charge in [0.05, 0.1) is 0 Å². The first-order valence-electron chi connectivity index (χ1n) is 9.06. The van der Waals surface area contributed by atoms with E-state index < -0.39 is 0 Å². The van der Waals surface area contributed by atoms with Crippen LogP contribution in [0, 0.1) is 12.8 Å². The molecular formula is C20H26N4O. The van der Waals surface area contributed by atoms with E-state index in [-0.39, 0.29) is 5.91 Å². The molecule has 0 aliphatic carbocycles. The van der Waals surface area contributed by atoms with Crippen molar-refractivity contribution in [3.8, 4) is 0 Å². The molecule has 0 atom stereocenters. The summed E-state index contributed by atoms with van der Waals surface area (Å²) in [6.07, 6.45) is 3.13. The van der Waals surface area contributed by atoms with Crippen LogP contribution in [0.1, 0.15) is 48.4 Å². The lowest BCUT2D eigenvalue weighted by Gasteiger charge is -2.30. The maximum atomic E-state index is 12.8. The third-order valence-electron chi connectivity index (χ3n) is 4.76. The Morgan fingerprint density at radius 2 is 1.88 bits per heavy atom. The molecule has 5 nitrogen and oxygen atoms in total. The number of aryl methyl sites for hydroxylation is 2. The number of aromatic nitrogens is 2. The number of anilines is 2. The summed E-state index contributed by atoms with van der Waals surface area (Å²) < 4.78 is 0. The molecule has 1 aliphatic rings. The van der Waals surface area contributed by atoms with Crippen molar-refractivity contribution in [1.29, 1.82) is 0 Å². The quantitative estimate of drug-likeness (QED) is 0.916. The van der Waals surface area contributed by atoms with Gasteiger partial charge in [0, 0.05) is 24.5 Å². The van der Waals surface area contributed by atoms with Gasteiger partial charge in [-0.3, -0.25) is 4.79 Å². The third-order valence-corrected chi connectivity index (χ3v) is 4.76. The van der Waals surface area contributed by atoms with Gasteiger partial charge in [-0.1, -0.05) is 26.0 Å². The fourth-order valence-corrected chi connectivity index (χ4v) is 3.06. The Hall–Kier alpha value is -2.43. The first-order valence-corrected chi connectivity index (χ1v) is 9.06. The predicted molar refractivity (Wildman–Crippen MR) is 100 cm³/mol. The third kappa shape index (κ3) is 4.35. The fourth-order valence-electron chi connectivity index (χ4n) is 3.06. The largest absolute Gasteiger partial charge is 0.337 e. The molecule has 1 aliphatic heterocycles. The maximum Gasteiger partial charge on any atom is 0.272 e. The van der Waals surface area contributed by atoms with E-state index in [0.717, 1.165) is 43.7 Å². The van der Waals surface area contributed by atoms with E-state index in [2.05, 4.69) is 41.3 Å². The van der Waals surface area contributed by atoms with Gasteiger partial charge in [-0.05, 0) is 55.9 Å². The van der Waals surface area contributed by atoms with Crippen molar-refractivity contribution in [2.75, 3.05) is 18.4 Å². The fraction of sp³-hybridized carbons (Fsp3) is 0.450. The van der Waals surface area contributed by atoms with Gasteiger partial charge < -0.3 is 10.2 Å². The maximum absolute atomic E-state index is 12.8. The van der Waals surface area contributed by atoms with Crippen LogP contribution in [0.2, 0.25) is 0 Å². The number of nitrogens with zero attached hydrogens (tertiary/aromatic N) is 3. The summed E-state index contributed by atoms with van der Waals surface area (Å²) in [7, 11) is 0. The lowest BCUT2D eigenvalue weighted by Crippen LogP contribution is -2.38. The highest BCUT2D eigenvalue weighted by molar-refractivity contribution is 5.92. The summed E-state index contributed by atoms with van der Waals surface area (Å²) >= 11 is 0. The molecule has 0 spiro atoms. The van der Waals surface area contributed by atoms with Gasteiger partial charge in [-0.2, -0.15) is 0 Å². The number of piperidine rings is 1. The molecule has 1 saturated heterocycles. The van der Waals surface area contributed by atoms with Crippen LogP contribution in [0.3, 0.4) is 0 Å². The number of likely N-dealkylation sites (tertiary alicyclic amines) is 1. The Labute approximate surface area is 149 Å². The van der Waals surface area contributed by atoms with Crippen LogP contribution in [0.4, 0.5) is 11.6 Å². The predicted octanol–water partition coefficient (Wildman–Crippen LogP) is 3.96. The van der Waals surface area contributed by atoms with Crippen molar-refractivity contribution in [1.82, 2.24) is 14.9 Å². The van der Waals surface area contributed by atoms with Crippen molar-refractivity contribution < 1.29 is 4.79 Å². The summed E-state index contributed by atoms with van der Waals surface area (Å²) in [6, 6.07) is 9.96.